The largest absolute Gasteiger partial charge is 0.465 e. The summed E-state index contributed by atoms with van der Waals surface area (Å²) < 4.78 is 9.61. The summed E-state index contributed by atoms with van der Waals surface area (Å²) >= 11 is 0. The summed E-state index contributed by atoms with van der Waals surface area (Å²) in [6.07, 6.45) is 0. The van der Waals surface area contributed by atoms with Crippen LogP contribution in [0.25, 0.3) is 0 Å². The standard InChI is InChI=1S/C21H22N2O6/c1-14-8-10-15(11-9-14)22-18(24)12-23(2)19(25)13-29-21(27)17-7-5-4-6-16(17)20(26)28-3/h4-11H,12-13H2,1-3H3,(H,22,24). The van der Waals surface area contributed by atoms with Crippen LogP contribution >= 0.6 is 0 Å². The van der Waals surface area contributed by atoms with Crippen molar-refractivity contribution >= 4 is 29.4 Å². The molecule has 2 aromatic carbocycles. The number of amides is 2. The van der Waals surface area contributed by atoms with Crippen LogP contribution in [0.5, 0.6) is 0 Å². The average molecular weight is 398 g/mol. The van der Waals surface area contributed by atoms with Gasteiger partial charge in [0, 0.05) is 12.7 Å². The highest BCUT2D eigenvalue weighted by Crippen LogP contribution is 2.12. The van der Waals surface area contributed by atoms with Crippen LogP contribution in [0.4, 0.5) is 5.69 Å². The van der Waals surface area contributed by atoms with Gasteiger partial charge in [-0.1, -0.05) is 29.8 Å². The molecule has 0 saturated carbocycles. The molecule has 2 rings (SSSR count). The minimum absolute atomic E-state index is 0.00748. The molecule has 0 fully saturated rings. The van der Waals surface area contributed by atoms with E-state index in [1.807, 2.05) is 19.1 Å². The number of hydrogen-bond donors (Lipinski definition) is 1. The average Bonchev–Trinajstić information content (AvgIpc) is 2.72. The van der Waals surface area contributed by atoms with Crippen molar-refractivity contribution in [2.75, 3.05) is 32.6 Å². The quantitative estimate of drug-likeness (QED) is 0.716. The number of anilines is 1. The van der Waals surface area contributed by atoms with Gasteiger partial charge < -0.3 is 19.7 Å². The normalized spacial score (nSPS) is 10.0. The van der Waals surface area contributed by atoms with Crippen LogP contribution in [-0.2, 0) is 19.1 Å². The molecule has 2 amide bonds. The maximum absolute atomic E-state index is 12.2. The second-order valence-corrected chi connectivity index (χ2v) is 6.28. The zero-order valence-electron chi connectivity index (χ0n) is 16.4. The van der Waals surface area contributed by atoms with Gasteiger partial charge in [-0.05, 0) is 31.2 Å². The lowest BCUT2D eigenvalue weighted by molar-refractivity contribution is -0.136. The topological polar surface area (TPSA) is 102 Å². The summed E-state index contributed by atoms with van der Waals surface area (Å²) in [5.41, 5.74) is 1.71. The summed E-state index contributed by atoms with van der Waals surface area (Å²) in [6.45, 7) is 1.16. The highest BCUT2D eigenvalue weighted by Gasteiger charge is 2.20. The number of ether oxygens (including phenoxy) is 2. The number of nitrogens with one attached hydrogen (secondary N) is 1. The van der Waals surface area contributed by atoms with Gasteiger partial charge in [-0.15, -0.1) is 0 Å². The maximum atomic E-state index is 12.2. The van der Waals surface area contributed by atoms with Gasteiger partial charge in [0.05, 0.1) is 24.8 Å². The predicted octanol–water partition coefficient (Wildman–Crippen LogP) is 2.04. The third kappa shape index (κ3) is 6.17. The summed E-state index contributed by atoms with van der Waals surface area (Å²) in [4.78, 5) is 49.3. The molecule has 0 radical (unpaired) electrons. The number of esters is 2. The molecule has 0 aliphatic carbocycles. The first-order valence-electron chi connectivity index (χ1n) is 8.76. The second-order valence-electron chi connectivity index (χ2n) is 6.28. The molecule has 0 aliphatic heterocycles. The number of carbonyl (C=O) groups excluding carboxylic acids is 4. The van der Waals surface area contributed by atoms with E-state index < -0.39 is 24.5 Å². The van der Waals surface area contributed by atoms with Gasteiger partial charge in [-0.2, -0.15) is 0 Å². The molecule has 0 spiro atoms. The Balaban J connectivity index is 1.88. The smallest absolute Gasteiger partial charge is 0.339 e. The SMILES string of the molecule is COC(=O)c1ccccc1C(=O)OCC(=O)N(C)CC(=O)Nc1ccc(C)cc1. The molecule has 0 unspecified atom stereocenters. The van der Waals surface area contributed by atoms with E-state index in [4.69, 9.17) is 4.74 Å². The van der Waals surface area contributed by atoms with E-state index in [1.165, 1.54) is 26.3 Å². The molecule has 152 valence electrons. The molecule has 0 aliphatic rings. The monoisotopic (exact) mass is 398 g/mol. The van der Waals surface area contributed by atoms with Crippen molar-refractivity contribution in [1.82, 2.24) is 4.90 Å². The van der Waals surface area contributed by atoms with E-state index in [-0.39, 0.29) is 23.6 Å². The van der Waals surface area contributed by atoms with Gasteiger partial charge in [0.1, 0.15) is 0 Å². The van der Waals surface area contributed by atoms with Crippen LogP contribution in [0.2, 0.25) is 0 Å². The Morgan fingerprint density at radius 1 is 0.931 bits per heavy atom. The van der Waals surface area contributed by atoms with Crippen LogP contribution in [0.15, 0.2) is 48.5 Å². The highest BCUT2D eigenvalue weighted by molar-refractivity contribution is 6.03. The first-order chi connectivity index (χ1) is 13.8. The van der Waals surface area contributed by atoms with Gasteiger partial charge in [-0.25, -0.2) is 9.59 Å². The van der Waals surface area contributed by atoms with Gasteiger partial charge in [0.25, 0.3) is 5.91 Å². The van der Waals surface area contributed by atoms with Gasteiger partial charge >= 0.3 is 11.9 Å². The third-order valence-corrected chi connectivity index (χ3v) is 4.02. The lowest BCUT2D eigenvalue weighted by Crippen LogP contribution is -2.37. The predicted molar refractivity (Wildman–Crippen MR) is 106 cm³/mol. The van der Waals surface area contributed by atoms with Crippen molar-refractivity contribution in [2.24, 2.45) is 0 Å². The fourth-order valence-electron chi connectivity index (χ4n) is 2.41. The summed E-state index contributed by atoms with van der Waals surface area (Å²) in [5.74, 6) is -2.47. The summed E-state index contributed by atoms with van der Waals surface area (Å²) in [5, 5.41) is 2.68. The van der Waals surface area contributed by atoms with Crippen LogP contribution in [0.1, 0.15) is 26.3 Å². The van der Waals surface area contributed by atoms with Crippen LogP contribution in [0, 0.1) is 6.92 Å². The van der Waals surface area contributed by atoms with E-state index in [0.717, 1.165) is 10.5 Å². The summed E-state index contributed by atoms with van der Waals surface area (Å²) in [6, 6.07) is 13.2. The number of carbonyl (C=O) groups is 4. The Kier molecular flexibility index (Phi) is 7.47. The number of methoxy groups -OCH3 is 1. The van der Waals surface area contributed by atoms with Crippen molar-refractivity contribution in [3.05, 3.63) is 65.2 Å². The minimum Gasteiger partial charge on any atom is -0.465 e. The van der Waals surface area contributed by atoms with Crippen LogP contribution in [0.3, 0.4) is 0 Å². The molecular weight excluding hydrogens is 376 g/mol. The molecule has 29 heavy (non-hydrogen) atoms. The Morgan fingerprint density at radius 3 is 2.10 bits per heavy atom. The van der Waals surface area contributed by atoms with Crippen molar-refractivity contribution in [3.8, 4) is 0 Å². The lowest BCUT2D eigenvalue weighted by Gasteiger charge is -2.17. The van der Waals surface area contributed by atoms with E-state index >= 15 is 0 Å². The van der Waals surface area contributed by atoms with E-state index in [0.29, 0.717) is 5.69 Å². The number of benzene rings is 2. The number of hydrogen-bond acceptors (Lipinski definition) is 6. The lowest BCUT2D eigenvalue weighted by atomic mass is 10.1. The summed E-state index contributed by atoms with van der Waals surface area (Å²) in [7, 11) is 2.62. The number of aryl methyl sites for hydroxylation is 1. The molecule has 0 heterocycles. The van der Waals surface area contributed by atoms with Crippen molar-refractivity contribution in [3.63, 3.8) is 0 Å². The first kappa shape index (κ1) is 21.6. The van der Waals surface area contributed by atoms with E-state index in [2.05, 4.69) is 10.1 Å². The molecule has 0 bridgehead atoms. The minimum atomic E-state index is -0.836. The molecule has 0 atom stereocenters. The van der Waals surface area contributed by atoms with Crippen LogP contribution in [-0.4, -0.2) is 56.0 Å². The molecule has 0 aromatic heterocycles. The molecular formula is C21H22N2O6. The maximum Gasteiger partial charge on any atom is 0.339 e. The van der Waals surface area contributed by atoms with Gasteiger partial charge in [0.2, 0.25) is 5.91 Å². The molecule has 0 saturated heterocycles. The first-order valence-corrected chi connectivity index (χ1v) is 8.76. The fraction of sp³-hybridized carbons (Fsp3) is 0.238. The fourth-order valence-corrected chi connectivity index (χ4v) is 2.41. The number of rotatable bonds is 7. The number of nitrogens with zero attached hydrogens (tertiary/aromatic N) is 1. The Hall–Kier alpha value is -3.68. The van der Waals surface area contributed by atoms with Gasteiger partial charge in [0.15, 0.2) is 6.61 Å². The van der Waals surface area contributed by atoms with E-state index in [9.17, 15) is 19.2 Å². The Morgan fingerprint density at radius 2 is 1.52 bits per heavy atom. The Labute approximate surface area is 168 Å². The number of likely N-dealkylation sites (N-methyl/N-ethyl adjacent to an activating group) is 1. The molecule has 8 heteroatoms. The van der Waals surface area contributed by atoms with Crippen molar-refractivity contribution in [2.45, 2.75) is 6.92 Å². The Bertz CT molecular complexity index is 908. The van der Waals surface area contributed by atoms with Crippen molar-refractivity contribution in [1.29, 1.82) is 0 Å². The van der Waals surface area contributed by atoms with Gasteiger partial charge in [-0.3, -0.25) is 9.59 Å². The third-order valence-electron chi connectivity index (χ3n) is 4.02. The molecule has 1 N–H and O–H groups in total. The van der Waals surface area contributed by atoms with E-state index in [1.54, 1.807) is 24.3 Å². The zero-order chi connectivity index (χ0) is 21.4. The molecule has 8 nitrogen and oxygen atoms in total. The second kappa shape index (κ2) is 10.0. The molecule has 2 aromatic rings. The highest BCUT2D eigenvalue weighted by atomic mass is 16.5. The van der Waals surface area contributed by atoms with Crippen molar-refractivity contribution < 1.29 is 28.7 Å². The zero-order valence-corrected chi connectivity index (χ0v) is 16.4. The van der Waals surface area contributed by atoms with Crippen LogP contribution < -0.4 is 5.32 Å².